The zero-order valence-corrected chi connectivity index (χ0v) is 14.5. The first-order valence-electron chi connectivity index (χ1n) is 8.43. The van der Waals surface area contributed by atoms with Crippen molar-refractivity contribution in [1.82, 2.24) is 0 Å². The standard InChI is InChI=1S/C22H27/c1-16(17-9-7-6-8-10-17)18-11-12-19-20(15-18)22(4,5)14-13-21(19,2)3/h6-9,11-12,15-16H,13-14H2,1-5H3. The van der Waals surface area contributed by atoms with Crippen molar-refractivity contribution >= 4 is 0 Å². The molecule has 2 aromatic rings. The maximum Gasteiger partial charge on any atom is 0.00672 e. The van der Waals surface area contributed by atoms with E-state index in [2.05, 4.69) is 71.0 Å². The lowest BCUT2D eigenvalue weighted by Crippen LogP contribution is -2.34. The van der Waals surface area contributed by atoms with Gasteiger partial charge < -0.3 is 0 Å². The Morgan fingerprint density at radius 1 is 0.909 bits per heavy atom. The van der Waals surface area contributed by atoms with Gasteiger partial charge in [-0.05, 0) is 52.0 Å². The minimum atomic E-state index is 0.279. The van der Waals surface area contributed by atoms with Gasteiger partial charge in [-0.25, -0.2) is 0 Å². The van der Waals surface area contributed by atoms with Gasteiger partial charge in [0.1, 0.15) is 0 Å². The molecule has 0 saturated heterocycles. The number of hydrogen-bond acceptors (Lipinski definition) is 0. The summed E-state index contributed by atoms with van der Waals surface area (Å²) in [5.74, 6) is 0.396. The van der Waals surface area contributed by atoms with E-state index in [1.54, 1.807) is 5.56 Å². The molecule has 1 atom stereocenters. The first-order chi connectivity index (χ1) is 10.3. The molecule has 0 N–H and O–H groups in total. The summed E-state index contributed by atoms with van der Waals surface area (Å²) < 4.78 is 0. The second-order valence-electron chi connectivity index (χ2n) is 8.11. The summed E-state index contributed by atoms with van der Waals surface area (Å²) in [5, 5.41) is 0. The van der Waals surface area contributed by atoms with E-state index in [4.69, 9.17) is 0 Å². The van der Waals surface area contributed by atoms with Gasteiger partial charge >= 0.3 is 0 Å². The Morgan fingerprint density at radius 2 is 1.59 bits per heavy atom. The lowest BCUT2D eigenvalue weighted by molar-refractivity contribution is 0.331. The molecule has 3 rings (SSSR count). The molecule has 22 heavy (non-hydrogen) atoms. The molecule has 1 unspecified atom stereocenters. The predicted molar refractivity (Wildman–Crippen MR) is 94.5 cm³/mol. The molecule has 1 radical (unpaired) electrons. The van der Waals surface area contributed by atoms with E-state index in [0.717, 1.165) is 0 Å². The van der Waals surface area contributed by atoms with E-state index in [0.29, 0.717) is 11.3 Å². The van der Waals surface area contributed by atoms with Crippen molar-refractivity contribution in [3.8, 4) is 0 Å². The minimum Gasteiger partial charge on any atom is -0.0619 e. The van der Waals surface area contributed by atoms with Crippen molar-refractivity contribution in [2.24, 2.45) is 0 Å². The Labute approximate surface area is 135 Å². The molecule has 0 fully saturated rings. The van der Waals surface area contributed by atoms with Crippen molar-refractivity contribution in [2.75, 3.05) is 0 Å². The molecule has 1 aliphatic carbocycles. The third kappa shape index (κ3) is 2.60. The van der Waals surface area contributed by atoms with Gasteiger partial charge in [0, 0.05) is 5.92 Å². The first kappa shape index (κ1) is 15.3. The van der Waals surface area contributed by atoms with Crippen LogP contribution in [0.25, 0.3) is 0 Å². The second kappa shape index (κ2) is 5.26. The van der Waals surface area contributed by atoms with Crippen LogP contribution in [0.1, 0.15) is 75.6 Å². The van der Waals surface area contributed by atoms with Gasteiger partial charge in [-0.15, -0.1) is 0 Å². The molecule has 0 heterocycles. The van der Waals surface area contributed by atoms with Gasteiger partial charge in [-0.1, -0.05) is 77.1 Å². The molecule has 0 spiro atoms. The fourth-order valence-corrected chi connectivity index (χ4v) is 3.73. The van der Waals surface area contributed by atoms with Crippen molar-refractivity contribution in [3.63, 3.8) is 0 Å². The Balaban J connectivity index is 2.07. The molecule has 0 bridgehead atoms. The SMILES string of the molecule is CC(c1[c]cccc1)c1ccc2c(c1)C(C)(C)CCC2(C)C. The average molecular weight is 291 g/mol. The molecular weight excluding hydrogens is 264 g/mol. The fraction of sp³-hybridized carbons (Fsp3) is 0.455. The molecule has 0 saturated carbocycles. The number of benzene rings is 2. The molecule has 0 aromatic heterocycles. The van der Waals surface area contributed by atoms with Gasteiger partial charge in [-0.2, -0.15) is 0 Å². The van der Waals surface area contributed by atoms with E-state index in [1.165, 1.54) is 29.5 Å². The van der Waals surface area contributed by atoms with Gasteiger partial charge in [0.25, 0.3) is 0 Å². The molecule has 0 aliphatic heterocycles. The van der Waals surface area contributed by atoms with Crippen LogP contribution in [0.5, 0.6) is 0 Å². The Hall–Kier alpha value is -1.56. The molecule has 115 valence electrons. The summed E-state index contributed by atoms with van der Waals surface area (Å²) in [6.45, 7) is 11.8. The van der Waals surface area contributed by atoms with Crippen LogP contribution in [0, 0.1) is 6.07 Å². The number of fused-ring (bicyclic) bond motifs is 1. The number of hydrogen-bond donors (Lipinski definition) is 0. The van der Waals surface area contributed by atoms with Crippen molar-refractivity contribution in [2.45, 2.75) is 64.2 Å². The average Bonchev–Trinajstić information content (AvgIpc) is 2.52. The van der Waals surface area contributed by atoms with Crippen LogP contribution in [0.3, 0.4) is 0 Å². The summed E-state index contributed by atoms with van der Waals surface area (Å²) in [7, 11) is 0. The monoisotopic (exact) mass is 291 g/mol. The van der Waals surface area contributed by atoms with Gasteiger partial charge in [0.05, 0.1) is 0 Å². The summed E-state index contributed by atoms with van der Waals surface area (Å²) in [6, 6.07) is 18.9. The largest absolute Gasteiger partial charge is 0.0619 e. The molecule has 1 aliphatic rings. The third-order valence-corrected chi connectivity index (χ3v) is 5.58. The van der Waals surface area contributed by atoms with Crippen LogP contribution in [-0.4, -0.2) is 0 Å². The second-order valence-corrected chi connectivity index (χ2v) is 8.11. The zero-order chi connectivity index (χ0) is 16.0. The summed E-state index contributed by atoms with van der Waals surface area (Å²) in [5.41, 5.74) is 6.34. The van der Waals surface area contributed by atoms with Crippen LogP contribution in [0.2, 0.25) is 0 Å². The lowest BCUT2D eigenvalue weighted by Gasteiger charge is -2.42. The third-order valence-electron chi connectivity index (χ3n) is 5.58. The summed E-state index contributed by atoms with van der Waals surface area (Å²) >= 11 is 0. The van der Waals surface area contributed by atoms with Crippen molar-refractivity contribution in [3.05, 3.63) is 70.8 Å². The normalized spacial score (nSPS) is 20.2. The van der Waals surface area contributed by atoms with Crippen molar-refractivity contribution < 1.29 is 0 Å². The van der Waals surface area contributed by atoms with Crippen LogP contribution in [0.4, 0.5) is 0 Å². The van der Waals surface area contributed by atoms with Crippen LogP contribution >= 0.6 is 0 Å². The molecule has 0 heteroatoms. The van der Waals surface area contributed by atoms with E-state index in [1.807, 2.05) is 12.1 Å². The minimum absolute atomic E-state index is 0.279. The lowest BCUT2D eigenvalue weighted by atomic mass is 9.62. The van der Waals surface area contributed by atoms with E-state index >= 15 is 0 Å². The van der Waals surface area contributed by atoms with Crippen LogP contribution in [0.15, 0.2) is 42.5 Å². The van der Waals surface area contributed by atoms with E-state index in [-0.39, 0.29) is 5.41 Å². The van der Waals surface area contributed by atoms with E-state index in [9.17, 15) is 0 Å². The molecule has 0 amide bonds. The summed E-state index contributed by atoms with van der Waals surface area (Å²) in [4.78, 5) is 0. The Kier molecular flexibility index (Phi) is 3.67. The highest BCUT2D eigenvalue weighted by Gasteiger charge is 2.37. The highest BCUT2D eigenvalue weighted by molar-refractivity contribution is 5.45. The predicted octanol–water partition coefficient (Wildman–Crippen LogP) is 5.99. The maximum absolute atomic E-state index is 3.38. The Bertz CT molecular complexity index is 662. The highest BCUT2D eigenvalue weighted by Crippen LogP contribution is 2.46. The van der Waals surface area contributed by atoms with Gasteiger partial charge in [0.2, 0.25) is 0 Å². The van der Waals surface area contributed by atoms with Gasteiger partial charge in [0.15, 0.2) is 0 Å². The van der Waals surface area contributed by atoms with Crippen molar-refractivity contribution in [1.29, 1.82) is 0 Å². The number of rotatable bonds is 2. The van der Waals surface area contributed by atoms with Gasteiger partial charge in [-0.3, -0.25) is 0 Å². The van der Waals surface area contributed by atoms with E-state index < -0.39 is 0 Å². The first-order valence-corrected chi connectivity index (χ1v) is 8.43. The quantitative estimate of drug-likeness (QED) is 0.637. The topological polar surface area (TPSA) is 0 Å². The zero-order valence-electron chi connectivity index (χ0n) is 14.5. The molecule has 2 aromatic carbocycles. The molecule has 0 nitrogen and oxygen atoms in total. The highest BCUT2D eigenvalue weighted by atomic mass is 14.4. The summed E-state index contributed by atoms with van der Waals surface area (Å²) in [6.07, 6.45) is 2.54. The maximum atomic E-state index is 3.38. The smallest absolute Gasteiger partial charge is 0.00672 e. The molecular formula is C22H27. The Morgan fingerprint density at radius 3 is 2.23 bits per heavy atom. The fourth-order valence-electron chi connectivity index (χ4n) is 3.73. The van der Waals surface area contributed by atoms with Crippen LogP contribution < -0.4 is 0 Å². The van der Waals surface area contributed by atoms with Crippen LogP contribution in [-0.2, 0) is 10.8 Å².